The van der Waals surface area contributed by atoms with E-state index in [2.05, 4.69) is 5.32 Å². The van der Waals surface area contributed by atoms with Crippen molar-refractivity contribution < 1.29 is 18.3 Å². The van der Waals surface area contributed by atoms with Crippen LogP contribution in [-0.4, -0.2) is 24.1 Å². The van der Waals surface area contributed by atoms with E-state index in [0.717, 1.165) is 5.56 Å². The number of benzene rings is 3. The number of hydrogen-bond acceptors (Lipinski definition) is 3. The molecule has 2 heterocycles. The predicted molar refractivity (Wildman–Crippen MR) is 128 cm³/mol. The Morgan fingerprint density at radius 3 is 2.62 bits per heavy atom. The quantitative estimate of drug-likeness (QED) is 0.425. The van der Waals surface area contributed by atoms with Gasteiger partial charge in [0, 0.05) is 54.4 Å². The Morgan fingerprint density at radius 1 is 1.21 bits per heavy atom. The van der Waals surface area contributed by atoms with Crippen molar-refractivity contribution in [2.75, 3.05) is 13.6 Å². The lowest BCUT2D eigenvalue weighted by atomic mass is 9.85. The second-order valence-electron chi connectivity index (χ2n) is 8.53. The molecule has 0 saturated carbocycles. The summed E-state index contributed by atoms with van der Waals surface area (Å²) in [6, 6.07) is 13.8. The van der Waals surface area contributed by atoms with Gasteiger partial charge >= 0.3 is 0 Å². The van der Waals surface area contributed by atoms with Crippen molar-refractivity contribution in [2.45, 2.75) is 12.0 Å². The molecule has 0 radical (unpaired) electrons. The molecule has 1 aliphatic rings. The molecule has 1 amide bonds. The molecule has 1 aromatic heterocycles. The lowest BCUT2D eigenvalue weighted by Gasteiger charge is -2.29. The van der Waals surface area contributed by atoms with Gasteiger partial charge in [-0.15, -0.1) is 0 Å². The van der Waals surface area contributed by atoms with Gasteiger partial charge in [-0.1, -0.05) is 41.9 Å². The first-order valence-corrected chi connectivity index (χ1v) is 11.1. The maximum Gasteiger partial charge on any atom is 0.249 e. The van der Waals surface area contributed by atoms with Crippen LogP contribution in [0, 0.1) is 11.6 Å². The van der Waals surface area contributed by atoms with E-state index in [1.54, 1.807) is 30.9 Å². The number of primary amides is 1. The lowest BCUT2D eigenvalue weighted by molar-refractivity contribution is 0.0940. The van der Waals surface area contributed by atoms with Gasteiger partial charge in [0.2, 0.25) is 5.91 Å². The van der Waals surface area contributed by atoms with Crippen molar-refractivity contribution in [2.24, 2.45) is 12.8 Å². The molecule has 3 aromatic carbocycles. The zero-order chi connectivity index (χ0) is 24.2. The van der Waals surface area contributed by atoms with Crippen LogP contribution in [0.15, 0.2) is 54.7 Å². The summed E-state index contributed by atoms with van der Waals surface area (Å²) in [4.78, 5) is 12.4. The molecule has 5 nitrogen and oxygen atoms in total. The molecular weight excluding hydrogens is 460 g/mol. The molecule has 34 heavy (non-hydrogen) atoms. The number of likely N-dealkylation sites (N-methyl/N-ethyl adjacent to an activating group) is 1. The Kier molecular flexibility index (Phi) is 5.34. The summed E-state index contributed by atoms with van der Waals surface area (Å²) in [5.74, 6) is -2.05. The normalized spacial score (nSPS) is 17.1. The number of halogens is 3. The second-order valence-corrected chi connectivity index (χ2v) is 8.91. The van der Waals surface area contributed by atoms with Gasteiger partial charge in [0.25, 0.3) is 0 Å². The van der Waals surface area contributed by atoms with E-state index in [0.29, 0.717) is 17.6 Å². The molecule has 0 bridgehead atoms. The third-order valence-electron chi connectivity index (χ3n) is 6.46. The fourth-order valence-electron chi connectivity index (χ4n) is 4.90. The highest BCUT2D eigenvalue weighted by atomic mass is 35.5. The molecule has 0 unspecified atom stereocenters. The number of aryl methyl sites for hydroxylation is 1. The fraction of sp³-hybridized carbons (Fsp3) is 0.192. The van der Waals surface area contributed by atoms with Crippen molar-refractivity contribution in [3.8, 4) is 16.9 Å². The zero-order valence-electron chi connectivity index (χ0n) is 18.6. The average molecular weight is 482 g/mol. The van der Waals surface area contributed by atoms with Crippen LogP contribution in [0.3, 0.4) is 0 Å². The highest BCUT2D eigenvalue weighted by molar-refractivity contribution is 6.34. The number of carbonyl (C=O) groups is 1. The Labute approximate surface area is 200 Å². The van der Waals surface area contributed by atoms with Gasteiger partial charge in [-0.05, 0) is 24.7 Å². The number of nitrogens with zero attached hydrogens (tertiary/aromatic N) is 1. The monoisotopic (exact) mass is 481 g/mol. The van der Waals surface area contributed by atoms with Crippen LogP contribution in [0.5, 0.6) is 5.75 Å². The third-order valence-corrected chi connectivity index (χ3v) is 6.83. The first-order valence-electron chi connectivity index (χ1n) is 10.7. The zero-order valence-corrected chi connectivity index (χ0v) is 19.3. The minimum atomic E-state index is -0.871. The van der Waals surface area contributed by atoms with Crippen LogP contribution in [0.4, 0.5) is 8.78 Å². The molecule has 5 rings (SSSR count). The second kappa shape index (κ2) is 8.11. The number of hydrogen-bond donors (Lipinski definition) is 2. The summed E-state index contributed by atoms with van der Waals surface area (Å²) in [5, 5.41) is 3.13. The summed E-state index contributed by atoms with van der Waals surface area (Å²) in [7, 11) is 3.53. The number of ether oxygens (including phenoxy) is 1. The molecule has 0 aliphatic carbocycles. The summed E-state index contributed by atoms with van der Waals surface area (Å²) in [6.07, 6.45) is 1.96. The van der Waals surface area contributed by atoms with E-state index >= 15 is 8.78 Å². The van der Waals surface area contributed by atoms with E-state index in [9.17, 15) is 4.79 Å². The van der Waals surface area contributed by atoms with Crippen LogP contribution in [-0.2, 0) is 19.1 Å². The number of nitrogens with one attached hydrogen (secondary N) is 1. The molecule has 4 aromatic rings. The predicted octanol–water partition coefficient (Wildman–Crippen LogP) is 4.93. The molecule has 0 spiro atoms. The van der Waals surface area contributed by atoms with Gasteiger partial charge in [-0.3, -0.25) is 4.79 Å². The molecule has 3 N–H and O–H groups in total. The maximum absolute atomic E-state index is 16.0. The van der Waals surface area contributed by atoms with Crippen molar-refractivity contribution in [3.63, 3.8) is 0 Å². The average Bonchev–Trinajstić information content (AvgIpc) is 3.37. The van der Waals surface area contributed by atoms with E-state index < -0.39 is 23.1 Å². The van der Waals surface area contributed by atoms with Crippen LogP contribution in [0.25, 0.3) is 22.0 Å². The Morgan fingerprint density at radius 2 is 1.94 bits per heavy atom. The highest BCUT2D eigenvalue weighted by Gasteiger charge is 2.43. The topological polar surface area (TPSA) is 69.3 Å². The third kappa shape index (κ3) is 3.27. The van der Waals surface area contributed by atoms with E-state index in [-0.39, 0.29) is 39.3 Å². The van der Waals surface area contributed by atoms with Gasteiger partial charge in [-0.2, -0.15) is 0 Å². The Bertz CT molecular complexity index is 1450. The minimum absolute atomic E-state index is 0.0765. The van der Waals surface area contributed by atoms with Crippen LogP contribution in [0.1, 0.15) is 21.5 Å². The van der Waals surface area contributed by atoms with Gasteiger partial charge in [-0.25, -0.2) is 8.78 Å². The molecule has 0 fully saturated rings. The Hall–Kier alpha value is -3.42. The van der Waals surface area contributed by atoms with E-state index in [4.69, 9.17) is 22.1 Å². The molecule has 1 aliphatic heterocycles. The number of nitrogens with two attached hydrogens (primary N) is 1. The number of carbonyl (C=O) groups excluding carboxylic acids is 1. The molecular formula is C26H22ClF2N3O2. The summed E-state index contributed by atoms with van der Waals surface area (Å²) >= 11 is 6.46. The highest BCUT2D eigenvalue weighted by Crippen LogP contribution is 2.50. The van der Waals surface area contributed by atoms with Gasteiger partial charge in [0.1, 0.15) is 17.4 Å². The van der Waals surface area contributed by atoms with E-state index in [1.807, 2.05) is 30.3 Å². The number of fused-ring (bicyclic) bond motifs is 2. The van der Waals surface area contributed by atoms with Crippen molar-refractivity contribution in [3.05, 3.63) is 88.1 Å². The van der Waals surface area contributed by atoms with E-state index in [1.165, 1.54) is 12.1 Å². The first kappa shape index (κ1) is 22.4. The van der Waals surface area contributed by atoms with Crippen LogP contribution < -0.4 is 15.8 Å². The summed E-state index contributed by atoms with van der Waals surface area (Å²) in [5.41, 5.74) is 6.56. The largest absolute Gasteiger partial charge is 0.480 e. The van der Waals surface area contributed by atoms with Gasteiger partial charge in [0.15, 0.2) is 5.60 Å². The first-order chi connectivity index (χ1) is 16.3. The standard InChI is InChI=1S/C26H22ClF2N3O2/c1-31-13-26(14-6-4-3-5-7-14)12-17-20(34-26)11-18(28)23(27)21(17)22-16(25(30)33)10-19-15(24(22)29)8-9-32(19)2/h3-11,31H,12-13H2,1-2H3,(H2,30,33)/t26-/m1/s1. The smallest absolute Gasteiger partial charge is 0.249 e. The lowest BCUT2D eigenvalue weighted by Crippen LogP contribution is -2.41. The minimum Gasteiger partial charge on any atom is -0.480 e. The van der Waals surface area contributed by atoms with Crippen molar-refractivity contribution in [1.82, 2.24) is 9.88 Å². The van der Waals surface area contributed by atoms with Crippen molar-refractivity contribution in [1.29, 1.82) is 0 Å². The SMILES string of the molecule is CNC[C@@]1(c2ccccc2)Cc2c(cc(F)c(Cl)c2-c2c(C(N)=O)cc3c(ccn3C)c2F)O1. The number of aromatic nitrogens is 1. The number of rotatable bonds is 5. The maximum atomic E-state index is 16.0. The Balaban J connectivity index is 1.81. The van der Waals surface area contributed by atoms with Crippen molar-refractivity contribution >= 4 is 28.4 Å². The van der Waals surface area contributed by atoms with Gasteiger partial charge in [0.05, 0.1) is 16.1 Å². The summed E-state index contributed by atoms with van der Waals surface area (Å²) in [6.45, 7) is 0.410. The van der Waals surface area contributed by atoms with Crippen LogP contribution in [0.2, 0.25) is 5.02 Å². The molecule has 1 atom stereocenters. The van der Waals surface area contributed by atoms with Crippen LogP contribution >= 0.6 is 11.6 Å². The van der Waals surface area contributed by atoms with Gasteiger partial charge < -0.3 is 20.4 Å². The molecule has 0 saturated heterocycles. The number of amides is 1. The molecule has 174 valence electrons. The fourth-order valence-corrected chi connectivity index (χ4v) is 5.16. The summed E-state index contributed by atoms with van der Waals surface area (Å²) < 4.78 is 39.1. The molecule has 8 heteroatoms.